The monoisotopic (exact) mass is 379 g/mol. The van der Waals surface area contributed by atoms with Crippen LogP contribution in [-0.2, 0) is 4.79 Å². The van der Waals surface area contributed by atoms with E-state index in [0.29, 0.717) is 13.0 Å². The molecule has 1 atom stereocenters. The summed E-state index contributed by atoms with van der Waals surface area (Å²) in [6.45, 7) is 2.15. The van der Waals surface area contributed by atoms with Crippen molar-refractivity contribution in [2.45, 2.75) is 31.7 Å². The van der Waals surface area contributed by atoms with Crippen molar-refractivity contribution in [3.05, 3.63) is 54.6 Å². The third-order valence-electron chi connectivity index (χ3n) is 5.32. The van der Waals surface area contributed by atoms with E-state index in [4.69, 9.17) is 4.74 Å². The summed E-state index contributed by atoms with van der Waals surface area (Å²) < 4.78 is 5.78. The first kappa shape index (κ1) is 18.3. The molecule has 3 amide bonds. The highest BCUT2D eigenvalue weighted by Gasteiger charge is 2.32. The van der Waals surface area contributed by atoms with E-state index in [9.17, 15) is 9.59 Å². The number of carbonyl (C=O) groups excluding carboxylic acids is 2. The molecule has 1 N–H and O–H groups in total. The Morgan fingerprint density at radius 3 is 2.43 bits per heavy atom. The highest BCUT2D eigenvalue weighted by molar-refractivity contribution is 5.89. The number of hydrogen-bond acceptors (Lipinski definition) is 3. The van der Waals surface area contributed by atoms with Crippen molar-refractivity contribution < 1.29 is 14.3 Å². The smallest absolute Gasteiger partial charge is 0.321 e. The van der Waals surface area contributed by atoms with Crippen molar-refractivity contribution in [2.75, 3.05) is 25.0 Å². The van der Waals surface area contributed by atoms with E-state index < -0.39 is 0 Å². The SMILES string of the molecule is O=C(Nc1ccc(Oc2ccccc2)cc1)N1CCCC(N2CCCC2=O)C1. The molecule has 0 radical (unpaired) electrons. The number of nitrogens with zero attached hydrogens (tertiary/aromatic N) is 2. The van der Waals surface area contributed by atoms with Gasteiger partial charge in [-0.2, -0.15) is 0 Å². The van der Waals surface area contributed by atoms with Crippen LogP contribution >= 0.6 is 0 Å². The van der Waals surface area contributed by atoms with Crippen molar-refractivity contribution in [3.63, 3.8) is 0 Å². The van der Waals surface area contributed by atoms with E-state index in [1.807, 2.05) is 64.4 Å². The molecule has 28 heavy (non-hydrogen) atoms. The Hall–Kier alpha value is -3.02. The summed E-state index contributed by atoms with van der Waals surface area (Å²) in [5, 5.41) is 2.95. The number of hydrogen-bond donors (Lipinski definition) is 1. The minimum Gasteiger partial charge on any atom is -0.457 e. The first-order valence-electron chi connectivity index (χ1n) is 9.87. The number of amides is 3. The molecular weight excluding hydrogens is 354 g/mol. The average molecular weight is 379 g/mol. The number of carbonyl (C=O) groups is 2. The van der Waals surface area contributed by atoms with Crippen LogP contribution in [-0.4, -0.2) is 47.4 Å². The van der Waals surface area contributed by atoms with E-state index in [-0.39, 0.29) is 18.0 Å². The van der Waals surface area contributed by atoms with Crippen molar-refractivity contribution in [3.8, 4) is 11.5 Å². The van der Waals surface area contributed by atoms with Gasteiger partial charge in [-0.05, 0) is 55.7 Å². The Morgan fingerprint density at radius 1 is 0.964 bits per heavy atom. The fraction of sp³-hybridized carbons (Fsp3) is 0.364. The van der Waals surface area contributed by atoms with Gasteiger partial charge in [-0.1, -0.05) is 18.2 Å². The van der Waals surface area contributed by atoms with Gasteiger partial charge < -0.3 is 19.9 Å². The van der Waals surface area contributed by atoms with Crippen LogP contribution in [0.1, 0.15) is 25.7 Å². The highest BCUT2D eigenvalue weighted by Crippen LogP contribution is 2.24. The summed E-state index contributed by atoms with van der Waals surface area (Å²) in [5.41, 5.74) is 0.727. The number of rotatable bonds is 4. The van der Waals surface area contributed by atoms with Gasteiger partial charge in [0.05, 0.1) is 0 Å². The summed E-state index contributed by atoms with van der Waals surface area (Å²) in [4.78, 5) is 28.4. The van der Waals surface area contributed by atoms with E-state index >= 15 is 0 Å². The maximum absolute atomic E-state index is 12.7. The van der Waals surface area contributed by atoms with Gasteiger partial charge >= 0.3 is 6.03 Å². The Balaban J connectivity index is 1.33. The van der Waals surface area contributed by atoms with Crippen LogP contribution < -0.4 is 10.1 Å². The Kier molecular flexibility index (Phi) is 5.46. The number of ether oxygens (including phenoxy) is 1. The van der Waals surface area contributed by atoms with Gasteiger partial charge in [-0.3, -0.25) is 4.79 Å². The van der Waals surface area contributed by atoms with Crippen LogP contribution in [0.25, 0.3) is 0 Å². The van der Waals surface area contributed by atoms with E-state index in [0.717, 1.165) is 49.5 Å². The number of para-hydroxylation sites is 1. The summed E-state index contributed by atoms with van der Waals surface area (Å²) in [6.07, 6.45) is 3.46. The minimum atomic E-state index is -0.118. The average Bonchev–Trinajstić information content (AvgIpc) is 3.16. The van der Waals surface area contributed by atoms with Gasteiger partial charge in [0.2, 0.25) is 5.91 Å². The lowest BCUT2D eigenvalue weighted by atomic mass is 10.0. The molecule has 4 rings (SSSR count). The number of likely N-dealkylation sites (tertiary alicyclic amines) is 2. The zero-order valence-corrected chi connectivity index (χ0v) is 15.8. The molecule has 2 aromatic rings. The molecule has 146 valence electrons. The molecule has 2 aromatic carbocycles. The number of anilines is 1. The summed E-state index contributed by atoms with van der Waals surface area (Å²) in [7, 11) is 0. The largest absolute Gasteiger partial charge is 0.457 e. The zero-order valence-electron chi connectivity index (χ0n) is 15.8. The van der Waals surface area contributed by atoms with Crippen LogP contribution in [0.4, 0.5) is 10.5 Å². The topological polar surface area (TPSA) is 61.9 Å². The van der Waals surface area contributed by atoms with Gasteiger partial charge in [0, 0.05) is 37.8 Å². The van der Waals surface area contributed by atoms with Gasteiger partial charge in [0.25, 0.3) is 0 Å². The number of benzene rings is 2. The van der Waals surface area contributed by atoms with Gasteiger partial charge in [-0.15, -0.1) is 0 Å². The van der Waals surface area contributed by atoms with Crippen LogP contribution in [0, 0.1) is 0 Å². The summed E-state index contributed by atoms with van der Waals surface area (Å²) in [6, 6.07) is 17.0. The molecule has 0 saturated carbocycles. The van der Waals surface area contributed by atoms with Gasteiger partial charge in [0.15, 0.2) is 0 Å². The molecular formula is C22H25N3O3. The predicted molar refractivity (Wildman–Crippen MR) is 108 cm³/mol. The molecule has 2 heterocycles. The quantitative estimate of drug-likeness (QED) is 0.870. The standard InChI is InChI=1S/C22H25N3O3/c26-21-9-5-15-25(21)18-6-4-14-24(16-18)22(27)23-17-10-12-20(13-11-17)28-19-7-2-1-3-8-19/h1-3,7-8,10-13,18H,4-6,9,14-16H2,(H,23,27). The van der Waals surface area contributed by atoms with Gasteiger partial charge in [-0.25, -0.2) is 4.79 Å². The zero-order chi connectivity index (χ0) is 19.3. The van der Waals surface area contributed by atoms with Crippen molar-refractivity contribution in [1.82, 2.24) is 9.80 Å². The van der Waals surface area contributed by atoms with E-state index in [1.165, 1.54) is 0 Å². The molecule has 2 saturated heterocycles. The van der Waals surface area contributed by atoms with E-state index in [1.54, 1.807) is 0 Å². The molecule has 1 unspecified atom stereocenters. The van der Waals surface area contributed by atoms with Crippen molar-refractivity contribution in [2.24, 2.45) is 0 Å². The number of piperidine rings is 1. The molecule has 2 aliphatic heterocycles. The Morgan fingerprint density at radius 2 is 1.71 bits per heavy atom. The molecule has 2 fully saturated rings. The van der Waals surface area contributed by atoms with Crippen LogP contribution in [0.3, 0.4) is 0 Å². The van der Waals surface area contributed by atoms with Gasteiger partial charge in [0.1, 0.15) is 11.5 Å². The second kappa shape index (κ2) is 8.33. The Labute approximate surface area is 165 Å². The van der Waals surface area contributed by atoms with Crippen LogP contribution in [0.15, 0.2) is 54.6 Å². The molecule has 6 nitrogen and oxygen atoms in total. The maximum atomic E-state index is 12.7. The molecule has 0 aliphatic carbocycles. The predicted octanol–water partition coefficient (Wildman–Crippen LogP) is 4.10. The summed E-state index contributed by atoms with van der Waals surface area (Å²) in [5.74, 6) is 1.71. The minimum absolute atomic E-state index is 0.118. The summed E-state index contributed by atoms with van der Waals surface area (Å²) >= 11 is 0. The second-order valence-corrected chi connectivity index (χ2v) is 7.30. The number of urea groups is 1. The number of nitrogens with one attached hydrogen (secondary N) is 1. The molecule has 6 heteroatoms. The highest BCUT2D eigenvalue weighted by atomic mass is 16.5. The molecule has 2 aliphatic rings. The maximum Gasteiger partial charge on any atom is 0.321 e. The van der Waals surface area contributed by atoms with E-state index in [2.05, 4.69) is 5.32 Å². The lowest BCUT2D eigenvalue weighted by molar-refractivity contribution is -0.130. The first-order valence-corrected chi connectivity index (χ1v) is 9.87. The first-order chi connectivity index (χ1) is 13.7. The third kappa shape index (κ3) is 4.27. The Bertz CT molecular complexity index is 823. The lowest BCUT2D eigenvalue weighted by Gasteiger charge is -2.37. The fourth-order valence-corrected chi connectivity index (χ4v) is 3.88. The van der Waals surface area contributed by atoms with Crippen LogP contribution in [0.2, 0.25) is 0 Å². The normalized spacial score (nSPS) is 19.6. The van der Waals surface area contributed by atoms with Crippen LogP contribution in [0.5, 0.6) is 11.5 Å². The second-order valence-electron chi connectivity index (χ2n) is 7.30. The van der Waals surface area contributed by atoms with Crippen molar-refractivity contribution >= 4 is 17.6 Å². The lowest BCUT2D eigenvalue weighted by Crippen LogP contribution is -2.51. The molecule has 0 aromatic heterocycles. The third-order valence-corrected chi connectivity index (χ3v) is 5.32. The molecule has 0 bridgehead atoms. The van der Waals surface area contributed by atoms with Crippen molar-refractivity contribution in [1.29, 1.82) is 0 Å². The molecule has 0 spiro atoms. The fourth-order valence-electron chi connectivity index (χ4n) is 3.88.